The number of nitrogens with one attached hydrogen (secondary N) is 1. The van der Waals surface area contributed by atoms with E-state index >= 15 is 0 Å². The molecule has 1 aliphatic rings. The predicted molar refractivity (Wildman–Crippen MR) is 48.7 cm³/mol. The van der Waals surface area contributed by atoms with Crippen LogP contribution in [0.5, 0.6) is 0 Å². The van der Waals surface area contributed by atoms with Crippen molar-refractivity contribution in [1.82, 2.24) is 5.32 Å². The van der Waals surface area contributed by atoms with Crippen molar-refractivity contribution in [3.63, 3.8) is 0 Å². The van der Waals surface area contributed by atoms with Crippen molar-refractivity contribution in [2.45, 2.75) is 38.3 Å². The first-order chi connectivity index (χ1) is 6.20. The van der Waals surface area contributed by atoms with Crippen molar-refractivity contribution >= 4 is 5.97 Å². The number of ether oxygens (including phenoxy) is 1. The van der Waals surface area contributed by atoms with E-state index in [-0.39, 0.29) is 18.6 Å². The van der Waals surface area contributed by atoms with Gasteiger partial charge in [-0.3, -0.25) is 4.79 Å². The lowest BCUT2D eigenvalue weighted by molar-refractivity contribution is -0.136. The van der Waals surface area contributed by atoms with Gasteiger partial charge in [0, 0.05) is 19.2 Å². The Morgan fingerprint density at radius 2 is 2.54 bits per heavy atom. The summed E-state index contributed by atoms with van der Waals surface area (Å²) in [5.41, 5.74) is 0. The van der Waals surface area contributed by atoms with Gasteiger partial charge in [0.2, 0.25) is 0 Å². The number of hydrogen-bond acceptors (Lipinski definition) is 3. The molecule has 4 nitrogen and oxygen atoms in total. The Balaban J connectivity index is 2.09. The van der Waals surface area contributed by atoms with E-state index in [1.165, 1.54) is 0 Å². The van der Waals surface area contributed by atoms with Gasteiger partial charge in [0.25, 0.3) is 0 Å². The van der Waals surface area contributed by atoms with Gasteiger partial charge in [-0.1, -0.05) is 0 Å². The number of aliphatic carboxylic acids is 1. The molecule has 0 spiro atoms. The van der Waals surface area contributed by atoms with Crippen molar-refractivity contribution in [3.05, 3.63) is 0 Å². The normalized spacial score (nSPS) is 24.5. The molecule has 0 saturated carbocycles. The van der Waals surface area contributed by atoms with Gasteiger partial charge in [-0.05, 0) is 19.8 Å². The lowest BCUT2D eigenvalue weighted by Gasteiger charge is -2.19. The van der Waals surface area contributed by atoms with Crippen LogP contribution in [0.15, 0.2) is 0 Å². The Labute approximate surface area is 78.3 Å². The molecule has 0 radical (unpaired) electrons. The smallest absolute Gasteiger partial charge is 0.304 e. The van der Waals surface area contributed by atoms with Crippen LogP contribution in [0.3, 0.4) is 0 Å². The van der Waals surface area contributed by atoms with Crippen molar-refractivity contribution < 1.29 is 14.6 Å². The molecule has 1 saturated heterocycles. The SMILES string of the molecule is CC(NCCC(=O)O)C1CCCO1. The molecule has 1 fully saturated rings. The fourth-order valence-electron chi connectivity index (χ4n) is 1.54. The summed E-state index contributed by atoms with van der Waals surface area (Å²) >= 11 is 0. The Morgan fingerprint density at radius 3 is 3.08 bits per heavy atom. The van der Waals surface area contributed by atoms with E-state index in [1.54, 1.807) is 0 Å². The second-order valence-corrected chi connectivity index (χ2v) is 3.44. The zero-order valence-electron chi connectivity index (χ0n) is 7.95. The molecule has 1 aliphatic heterocycles. The van der Waals surface area contributed by atoms with Crippen LogP contribution in [0, 0.1) is 0 Å². The predicted octanol–water partition coefficient (Wildman–Crippen LogP) is 0.618. The maximum Gasteiger partial charge on any atom is 0.304 e. The van der Waals surface area contributed by atoms with Gasteiger partial charge >= 0.3 is 5.97 Å². The highest BCUT2D eigenvalue weighted by Crippen LogP contribution is 2.15. The minimum absolute atomic E-state index is 0.178. The van der Waals surface area contributed by atoms with Crippen molar-refractivity contribution in [2.24, 2.45) is 0 Å². The van der Waals surface area contributed by atoms with Crippen molar-refractivity contribution in [2.75, 3.05) is 13.2 Å². The summed E-state index contributed by atoms with van der Waals surface area (Å²) in [5, 5.41) is 11.6. The second kappa shape index (κ2) is 5.19. The third-order valence-electron chi connectivity index (χ3n) is 2.33. The second-order valence-electron chi connectivity index (χ2n) is 3.44. The van der Waals surface area contributed by atoms with Crippen LogP contribution in [-0.4, -0.2) is 36.4 Å². The highest BCUT2D eigenvalue weighted by Gasteiger charge is 2.21. The first kappa shape index (κ1) is 10.5. The molecule has 0 amide bonds. The Hall–Kier alpha value is -0.610. The molecule has 76 valence electrons. The summed E-state index contributed by atoms with van der Waals surface area (Å²) in [6.45, 7) is 3.41. The minimum Gasteiger partial charge on any atom is -0.481 e. The molecule has 0 aliphatic carbocycles. The molecule has 2 atom stereocenters. The van der Waals surface area contributed by atoms with E-state index in [9.17, 15) is 4.79 Å². The lowest BCUT2D eigenvalue weighted by atomic mass is 10.1. The fraction of sp³-hybridized carbons (Fsp3) is 0.889. The van der Waals surface area contributed by atoms with E-state index in [2.05, 4.69) is 5.32 Å². The molecule has 0 aromatic rings. The minimum atomic E-state index is -0.757. The third-order valence-corrected chi connectivity index (χ3v) is 2.33. The van der Waals surface area contributed by atoms with E-state index in [1.807, 2.05) is 6.92 Å². The molecule has 0 aromatic carbocycles. The van der Waals surface area contributed by atoms with Crippen molar-refractivity contribution in [3.8, 4) is 0 Å². The molecule has 0 aromatic heterocycles. The number of carbonyl (C=O) groups is 1. The molecule has 13 heavy (non-hydrogen) atoms. The topological polar surface area (TPSA) is 58.6 Å². The van der Waals surface area contributed by atoms with Gasteiger partial charge in [0.05, 0.1) is 12.5 Å². The van der Waals surface area contributed by atoms with Gasteiger partial charge < -0.3 is 15.2 Å². The van der Waals surface area contributed by atoms with E-state index < -0.39 is 5.97 Å². The van der Waals surface area contributed by atoms with E-state index in [4.69, 9.17) is 9.84 Å². The third kappa shape index (κ3) is 3.74. The zero-order valence-corrected chi connectivity index (χ0v) is 7.95. The molecular weight excluding hydrogens is 170 g/mol. The lowest BCUT2D eigenvalue weighted by Crippen LogP contribution is -2.38. The average Bonchev–Trinajstić information content (AvgIpc) is 2.55. The van der Waals surface area contributed by atoms with Gasteiger partial charge in [-0.25, -0.2) is 0 Å². The number of carboxylic acids is 1. The molecule has 1 rings (SSSR count). The van der Waals surface area contributed by atoms with E-state index in [0.717, 1.165) is 19.4 Å². The quantitative estimate of drug-likeness (QED) is 0.662. The largest absolute Gasteiger partial charge is 0.481 e. The molecule has 1 heterocycles. The maximum absolute atomic E-state index is 10.2. The standard InChI is InChI=1S/C9H17NO3/c1-7(8-3-2-6-13-8)10-5-4-9(11)12/h7-8,10H,2-6H2,1H3,(H,11,12). The Kier molecular flexibility index (Phi) is 4.18. The van der Waals surface area contributed by atoms with Crippen molar-refractivity contribution in [1.29, 1.82) is 0 Å². The molecule has 2 N–H and O–H groups in total. The van der Waals surface area contributed by atoms with Crippen LogP contribution in [0.1, 0.15) is 26.2 Å². The van der Waals surface area contributed by atoms with Crippen LogP contribution < -0.4 is 5.32 Å². The first-order valence-corrected chi connectivity index (χ1v) is 4.77. The molecular formula is C9H17NO3. The van der Waals surface area contributed by atoms with Gasteiger partial charge in [-0.15, -0.1) is 0 Å². The van der Waals surface area contributed by atoms with Gasteiger partial charge in [-0.2, -0.15) is 0 Å². The highest BCUT2D eigenvalue weighted by atomic mass is 16.5. The maximum atomic E-state index is 10.2. The van der Waals surface area contributed by atoms with Crippen LogP contribution in [0.2, 0.25) is 0 Å². The van der Waals surface area contributed by atoms with Crippen LogP contribution in [0.25, 0.3) is 0 Å². The summed E-state index contributed by atoms with van der Waals surface area (Å²) in [7, 11) is 0. The zero-order chi connectivity index (χ0) is 9.68. The Morgan fingerprint density at radius 1 is 1.77 bits per heavy atom. The van der Waals surface area contributed by atoms with Crippen LogP contribution in [0.4, 0.5) is 0 Å². The number of rotatable bonds is 5. The van der Waals surface area contributed by atoms with Gasteiger partial charge in [0.15, 0.2) is 0 Å². The number of hydrogen-bond donors (Lipinski definition) is 2. The van der Waals surface area contributed by atoms with Gasteiger partial charge in [0.1, 0.15) is 0 Å². The summed E-state index contributed by atoms with van der Waals surface area (Å²) in [6.07, 6.45) is 2.65. The molecule has 0 bridgehead atoms. The van der Waals surface area contributed by atoms with Crippen LogP contribution in [-0.2, 0) is 9.53 Å². The number of carboxylic acid groups (broad SMARTS) is 1. The van der Waals surface area contributed by atoms with Crippen LogP contribution >= 0.6 is 0 Å². The highest BCUT2D eigenvalue weighted by molar-refractivity contribution is 5.66. The van der Waals surface area contributed by atoms with E-state index in [0.29, 0.717) is 6.54 Å². The monoisotopic (exact) mass is 187 g/mol. The first-order valence-electron chi connectivity index (χ1n) is 4.77. The fourth-order valence-corrected chi connectivity index (χ4v) is 1.54. The molecule has 2 unspecified atom stereocenters. The summed E-state index contributed by atoms with van der Waals surface area (Å²) < 4.78 is 5.46. The summed E-state index contributed by atoms with van der Waals surface area (Å²) in [4.78, 5) is 10.2. The Bertz CT molecular complexity index is 166. The molecule has 4 heteroatoms. The average molecular weight is 187 g/mol. The summed E-state index contributed by atoms with van der Waals surface area (Å²) in [6, 6.07) is 0.266. The summed E-state index contributed by atoms with van der Waals surface area (Å²) in [5.74, 6) is -0.757.